The van der Waals surface area contributed by atoms with Gasteiger partial charge in [0.2, 0.25) is 11.8 Å². The quantitative estimate of drug-likeness (QED) is 0.0704. The molecule has 3 N–H and O–H groups in total. The number of ether oxygens (including phenoxy) is 5. The van der Waals surface area contributed by atoms with Crippen LogP contribution in [0.3, 0.4) is 0 Å². The van der Waals surface area contributed by atoms with E-state index in [9.17, 15) is 28.4 Å². The number of hydrogen-bond acceptors (Lipinski definition) is 12. The third-order valence-electron chi connectivity index (χ3n) is 10.9. The average Bonchev–Trinajstić information content (AvgIpc) is 3.66. The number of aromatic amines is 1. The number of hydrogen-bond donors (Lipinski definition) is 3. The molecular formula is C45H52FN5O10. The lowest BCUT2D eigenvalue weighted by molar-refractivity contribution is -0.136. The fourth-order valence-electron chi connectivity index (χ4n) is 7.93. The second-order valence-corrected chi connectivity index (χ2v) is 15.2. The van der Waals surface area contributed by atoms with Crippen LogP contribution >= 0.6 is 0 Å². The van der Waals surface area contributed by atoms with E-state index < -0.39 is 35.5 Å². The number of nitrogens with one attached hydrogen (secondary N) is 3. The summed E-state index contributed by atoms with van der Waals surface area (Å²) in [5, 5.41) is 6.20. The molecule has 0 bridgehead atoms. The van der Waals surface area contributed by atoms with Crippen molar-refractivity contribution in [1.29, 1.82) is 0 Å². The fraction of sp³-hybridized carbons (Fsp3) is 0.444. The van der Waals surface area contributed by atoms with Gasteiger partial charge in [0.1, 0.15) is 11.9 Å². The number of aryl methyl sites for hydroxylation is 1. The zero-order valence-electron chi connectivity index (χ0n) is 34.4. The molecule has 0 saturated carbocycles. The molecule has 2 aliphatic heterocycles. The van der Waals surface area contributed by atoms with Crippen molar-refractivity contribution in [3.63, 3.8) is 0 Å². The lowest BCUT2D eigenvalue weighted by atomic mass is 9.99. The highest BCUT2D eigenvalue weighted by atomic mass is 19.1. The first-order valence-corrected chi connectivity index (χ1v) is 20.8. The number of piperidine rings is 1. The van der Waals surface area contributed by atoms with Crippen LogP contribution in [0.25, 0.3) is 22.2 Å². The van der Waals surface area contributed by atoms with Gasteiger partial charge in [0.15, 0.2) is 5.78 Å². The maximum atomic E-state index is 14.3. The Bertz CT molecular complexity index is 2230. The molecule has 3 aromatic carbocycles. The van der Waals surface area contributed by atoms with Crippen molar-refractivity contribution < 1.29 is 52.0 Å². The maximum Gasteiger partial charge on any atom is 0.264 e. The van der Waals surface area contributed by atoms with Crippen molar-refractivity contribution in [2.45, 2.75) is 44.7 Å². The van der Waals surface area contributed by atoms with Gasteiger partial charge in [-0.15, -0.1) is 0 Å². The molecule has 3 heterocycles. The van der Waals surface area contributed by atoms with E-state index in [4.69, 9.17) is 23.7 Å². The molecule has 0 radical (unpaired) electrons. The lowest BCUT2D eigenvalue weighted by Gasteiger charge is -2.27. The van der Waals surface area contributed by atoms with Gasteiger partial charge in [0, 0.05) is 60.3 Å². The van der Waals surface area contributed by atoms with Crippen molar-refractivity contribution in [3.8, 4) is 11.3 Å². The summed E-state index contributed by atoms with van der Waals surface area (Å²) in [5.74, 6) is -2.58. The van der Waals surface area contributed by atoms with Crippen molar-refractivity contribution in [3.05, 3.63) is 88.2 Å². The number of imide groups is 2. The molecule has 61 heavy (non-hydrogen) atoms. The summed E-state index contributed by atoms with van der Waals surface area (Å²) >= 11 is 0. The van der Waals surface area contributed by atoms with Crippen LogP contribution in [-0.2, 0) is 46.2 Å². The maximum absolute atomic E-state index is 14.3. The Morgan fingerprint density at radius 1 is 0.770 bits per heavy atom. The number of amides is 4. The Morgan fingerprint density at radius 2 is 1.44 bits per heavy atom. The number of fused-ring (bicyclic) bond motifs is 1. The summed E-state index contributed by atoms with van der Waals surface area (Å²) in [4.78, 5) is 69.2. The van der Waals surface area contributed by atoms with E-state index in [1.807, 2.05) is 0 Å². The molecule has 4 amide bonds. The Kier molecular flexibility index (Phi) is 15.0. The van der Waals surface area contributed by atoms with Crippen LogP contribution in [0.5, 0.6) is 0 Å². The van der Waals surface area contributed by atoms with Gasteiger partial charge in [-0.2, -0.15) is 0 Å². The second kappa shape index (κ2) is 20.9. The van der Waals surface area contributed by atoms with Gasteiger partial charge < -0.3 is 34.0 Å². The smallest absolute Gasteiger partial charge is 0.264 e. The minimum absolute atomic E-state index is 0.000440. The Morgan fingerprint density at radius 3 is 2.13 bits per heavy atom. The van der Waals surface area contributed by atoms with Gasteiger partial charge in [-0.25, -0.2) is 4.39 Å². The topological polar surface area (TPSA) is 178 Å². The second-order valence-electron chi connectivity index (χ2n) is 15.2. The molecule has 1 saturated heterocycles. The average molecular weight is 842 g/mol. The Labute approximate surface area is 353 Å². The van der Waals surface area contributed by atoms with Crippen LogP contribution in [0.4, 0.5) is 10.1 Å². The van der Waals surface area contributed by atoms with Gasteiger partial charge in [-0.3, -0.25) is 39.1 Å². The van der Waals surface area contributed by atoms with E-state index in [0.29, 0.717) is 95.8 Å². The SMILES string of the molecule is CN(CCOCCOCCOCCOCCOCCNc1cccc2c1C(=O)N(C1CCC(=O)NC1=O)C2=O)Cc1ccc(-c2[nH]c3cc(F)cc4c3c2CCCC4=O)cc1. The van der Waals surface area contributed by atoms with Gasteiger partial charge in [-0.1, -0.05) is 30.3 Å². The minimum Gasteiger partial charge on any atom is -0.382 e. The van der Waals surface area contributed by atoms with Crippen LogP contribution in [0.15, 0.2) is 54.6 Å². The number of halogens is 1. The van der Waals surface area contributed by atoms with Gasteiger partial charge >= 0.3 is 0 Å². The molecule has 15 nitrogen and oxygen atoms in total. The monoisotopic (exact) mass is 841 g/mol. The predicted octanol–water partition coefficient (Wildman–Crippen LogP) is 4.52. The molecule has 1 atom stereocenters. The zero-order valence-corrected chi connectivity index (χ0v) is 34.4. The predicted molar refractivity (Wildman–Crippen MR) is 223 cm³/mol. The number of Topliss-reactive ketones (excluding diaryl/α,β-unsaturated/α-hetero) is 1. The van der Waals surface area contributed by atoms with Crippen molar-refractivity contribution in [2.75, 3.05) is 91.5 Å². The fourth-order valence-corrected chi connectivity index (χ4v) is 7.93. The molecule has 16 heteroatoms. The number of aromatic nitrogens is 1. The summed E-state index contributed by atoms with van der Waals surface area (Å²) < 4.78 is 42.4. The number of anilines is 1. The summed E-state index contributed by atoms with van der Waals surface area (Å²) in [6.45, 7) is 6.25. The Balaban J connectivity index is 0.677. The highest BCUT2D eigenvalue weighted by molar-refractivity contribution is 6.25. The number of H-pyrrole nitrogens is 1. The molecule has 324 valence electrons. The standard InChI is InChI=1S/C45H52FN5O10/c1-50(28-29-8-10-30(11-9-29)42-32-4-3-7-38(52)34-26-31(46)27-36(48-42)40(32)34)15-17-58-19-21-60-23-25-61-24-22-59-20-18-57-16-14-47-35-6-2-5-33-41(35)45(56)51(44(33)55)37-12-13-39(53)49-43(37)54/h2,5-6,8-11,26-27,37,47-48H,3-4,7,12-25,28H2,1H3,(H,49,53,54). The highest BCUT2D eigenvalue weighted by Gasteiger charge is 2.45. The molecule has 1 fully saturated rings. The molecule has 4 aromatic rings. The molecule has 0 spiro atoms. The number of carbonyl (C=O) groups excluding carboxylic acids is 5. The van der Waals surface area contributed by atoms with E-state index in [-0.39, 0.29) is 29.8 Å². The number of likely N-dealkylation sites (N-methyl/N-ethyl adjacent to an activating group) is 1. The van der Waals surface area contributed by atoms with Crippen LogP contribution in [0, 0.1) is 5.82 Å². The number of rotatable bonds is 23. The van der Waals surface area contributed by atoms with Gasteiger partial charge in [0.25, 0.3) is 11.8 Å². The summed E-state index contributed by atoms with van der Waals surface area (Å²) in [6.07, 6.45) is 2.12. The van der Waals surface area contributed by atoms with E-state index in [1.165, 1.54) is 17.7 Å². The first kappa shape index (κ1) is 43.7. The number of nitrogens with zero attached hydrogens (tertiary/aromatic N) is 2. The summed E-state index contributed by atoms with van der Waals surface area (Å²) in [7, 11) is 2.05. The normalized spacial score (nSPS) is 16.5. The molecule has 7 rings (SSSR count). The third kappa shape index (κ3) is 10.8. The van der Waals surface area contributed by atoms with Crippen LogP contribution in [0.1, 0.15) is 67.9 Å². The summed E-state index contributed by atoms with van der Waals surface area (Å²) in [5.41, 5.74) is 6.27. The zero-order chi connectivity index (χ0) is 42.7. The number of benzene rings is 3. The highest BCUT2D eigenvalue weighted by Crippen LogP contribution is 2.37. The van der Waals surface area contributed by atoms with E-state index in [0.717, 1.165) is 53.0 Å². The Hall–Kier alpha value is -5.36. The van der Waals surface area contributed by atoms with Gasteiger partial charge in [0.05, 0.1) is 77.2 Å². The molecule has 1 aliphatic carbocycles. The van der Waals surface area contributed by atoms with Crippen molar-refractivity contribution >= 4 is 46.0 Å². The van der Waals surface area contributed by atoms with Crippen molar-refractivity contribution in [2.24, 2.45) is 0 Å². The van der Waals surface area contributed by atoms with Crippen LogP contribution in [-0.4, -0.2) is 136 Å². The lowest BCUT2D eigenvalue weighted by Crippen LogP contribution is -2.54. The molecule has 1 unspecified atom stereocenters. The number of carbonyl (C=O) groups is 5. The largest absolute Gasteiger partial charge is 0.382 e. The first-order valence-electron chi connectivity index (χ1n) is 20.8. The third-order valence-corrected chi connectivity index (χ3v) is 10.9. The van der Waals surface area contributed by atoms with E-state index in [2.05, 4.69) is 51.8 Å². The van der Waals surface area contributed by atoms with Gasteiger partial charge in [-0.05, 0) is 67.3 Å². The minimum atomic E-state index is -1.02. The molecule has 1 aromatic heterocycles. The number of ketones is 1. The first-order chi connectivity index (χ1) is 29.7. The van der Waals surface area contributed by atoms with E-state index in [1.54, 1.807) is 18.2 Å². The van der Waals surface area contributed by atoms with E-state index >= 15 is 0 Å². The van der Waals surface area contributed by atoms with Crippen molar-refractivity contribution in [1.82, 2.24) is 20.1 Å². The molecule has 3 aliphatic rings. The van der Waals surface area contributed by atoms with Crippen LogP contribution < -0.4 is 10.6 Å². The summed E-state index contributed by atoms with van der Waals surface area (Å²) in [6, 6.07) is 15.1. The molecular weight excluding hydrogens is 790 g/mol. The van der Waals surface area contributed by atoms with Crippen LogP contribution in [0.2, 0.25) is 0 Å².